The van der Waals surface area contributed by atoms with Crippen LogP contribution in [0.15, 0.2) is 24.4 Å². The highest BCUT2D eigenvalue weighted by Crippen LogP contribution is 2.36. The second kappa shape index (κ2) is 4.91. The molecule has 0 unspecified atom stereocenters. The van der Waals surface area contributed by atoms with Crippen LogP contribution in [0.25, 0.3) is 11.1 Å². The first-order valence-corrected chi connectivity index (χ1v) is 6.06. The zero-order valence-corrected chi connectivity index (χ0v) is 11.4. The Bertz CT molecular complexity index is 561. The summed E-state index contributed by atoms with van der Waals surface area (Å²) in [6, 6.07) is 5.03. The van der Waals surface area contributed by atoms with Gasteiger partial charge in [-0.2, -0.15) is 0 Å². The van der Waals surface area contributed by atoms with E-state index in [-0.39, 0.29) is 0 Å². The standard InChI is InChI=1S/C11H6Cl4N2/c12-6-3-7(11(16)17-4-6)5-1-8(13)10(15)9(14)2-5/h1-4H,(H2,16,17). The lowest BCUT2D eigenvalue weighted by atomic mass is 10.1. The molecule has 17 heavy (non-hydrogen) atoms. The Balaban J connectivity index is 2.64. The number of rotatable bonds is 1. The third kappa shape index (κ3) is 2.61. The molecule has 0 aliphatic carbocycles. The van der Waals surface area contributed by atoms with Gasteiger partial charge in [-0.15, -0.1) is 0 Å². The Hall–Kier alpha value is -0.670. The summed E-state index contributed by atoms with van der Waals surface area (Å²) in [4.78, 5) is 3.96. The molecule has 2 nitrogen and oxygen atoms in total. The van der Waals surface area contributed by atoms with E-state index in [2.05, 4.69) is 4.98 Å². The highest BCUT2D eigenvalue weighted by molar-refractivity contribution is 6.48. The second-order valence-corrected chi connectivity index (χ2v) is 4.97. The minimum atomic E-state index is 0.311. The fraction of sp³-hybridized carbons (Fsp3) is 0. The van der Waals surface area contributed by atoms with Crippen molar-refractivity contribution >= 4 is 52.2 Å². The Morgan fingerprint density at radius 3 is 2.12 bits per heavy atom. The van der Waals surface area contributed by atoms with Crippen LogP contribution in [0.1, 0.15) is 0 Å². The van der Waals surface area contributed by atoms with E-state index in [1.807, 2.05) is 0 Å². The number of nitrogens with two attached hydrogens (primary N) is 1. The topological polar surface area (TPSA) is 38.9 Å². The molecular weight excluding hydrogens is 302 g/mol. The average Bonchev–Trinajstić information content (AvgIpc) is 2.28. The summed E-state index contributed by atoms with van der Waals surface area (Å²) in [7, 11) is 0. The van der Waals surface area contributed by atoms with Crippen LogP contribution in [0.3, 0.4) is 0 Å². The van der Waals surface area contributed by atoms with Crippen molar-refractivity contribution in [1.82, 2.24) is 4.98 Å². The highest BCUT2D eigenvalue weighted by atomic mass is 35.5. The van der Waals surface area contributed by atoms with E-state index in [0.717, 1.165) is 5.56 Å². The van der Waals surface area contributed by atoms with E-state index in [1.165, 1.54) is 6.20 Å². The van der Waals surface area contributed by atoms with Gasteiger partial charge in [-0.3, -0.25) is 0 Å². The molecule has 1 aromatic heterocycles. The number of benzene rings is 1. The highest BCUT2D eigenvalue weighted by Gasteiger charge is 2.10. The van der Waals surface area contributed by atoms with E-state index in [1.54, 1.807) is 18.2 Å². The van der Waals surface area contributed by atoms with E-state index in [0.29, 0.717) is 31.5 Å². The Morgan fingerprint density at radius 2 is 1.53 bits per heavy atom. The van der Waals surface area contributed by atoms with Gasteiger partial charge in [0.1, 0.15) is 5.82 Å². The van der Waals surface area contributed by atoms with Gasteiger partial charge in [0.15, 0.2) is 0 Å². The summed E-state index contributed by atoms with van der Waals surface area (Å²) < 4.78 is 0. The number of pyridine rings is 1. The van der Waals surface area contributed by atoms with Crippen molar-refractivity contribution < 1.29 is 0 Å². The molecule has 0 fully saturated rings. The summed E-state index contributed by atoms with van der Waals surface area (Å²) >= 11 is 23.6. The number of nitrogen functional groups attached to an aromatic ring is 1. The second-order valence-electron chi connectivity index (χ2n) is 3.34. The van der Waals surface area contributed by atoms with E-state index in [9.17, 15) is 0 Å². The number of hydrogen-bond donors (Lipinski definition) is 1. The van der Waals surface area contributed by atoms with Gasteiger partial charge in [-0.05, 0) is 23.8 Å². The van der Waals surface area contributed by atoms with Crippen molar-refractivity contribution in [3.63, 3.8) is 0 Å². The van der Waals surface area contributed by atoms with Crippen molar-refractivity contribution in [3.05, 3.63) is 44.5 Å². The Kier molecular flexibility index (Phi) is 3.69. The molecule has 88 valence electrons. The first-order chi connectivity index (χ1) is 7.99. The zero-order valence-electron chi connectivity index (χ0n) is 8.35. The van der Waals surface area contributed by atoms with Crippen LogP contribution in [0, 0.1) is 0 Å². The molecule has 0 bridgehead atoms. The van der Waals surface area contributed by atoms with Crippen LogP contribution in [-0.2, 0) is 0 Å². The fourth-order valence-corrected chi connectivity index (χ4v) is 2.15. The maximum absolute atomic E-state index is 5.95. The van der Waals surface area contributed by atoms with Gasteiger partial charge in [-0.1, -0.05) is 46.4 Å². The van der Waals surface area contributed by atoms with Gasteiger partial charge >= 0.3 is 0 Å². The molecule has 0 aliphatic heterocycles. The molecule has 0 atom stereocenters. The molecule has 2 aromatic rings. The lowest BCUT2D eigenvalue weighted by molar-refractivity contribution is 1.34. The summed E-state index contributed by atoms with van der Waals surface area (Å²) in [6.45, 7) is 0. The van der Waals surface area contributed by atoms with Crippen LogP contribution in [0.4, 0.5) is 5.82 Å². The minimum absolute atomic E-state index is 0.311. The summed E-state index contributed by atoms with van der Waals surface area (Å²) in [6.07, 6.45) is 1.47. The number of aromatic nitrogens is 1. The lowest BCUT2D eigenvalue weighted by Gasteiger charge is -2.08. The Labute approximate surface area is 118 Å². The minimum Gasteiger partial charge on any atom is -0.383 e. The van der Waals surface area contributed by atoms with Gasteiger partial charge in [0.05, 0.1) is 20.1 Å². The molecular formula is C11H6Cl4N2. The lowest BCUT2D eigenvalue weighted by Crippen LogP contribution is -1.94. The Morgan fingerprint density at radius 1 is 0.941 bits per heavy atom. The van der Waals surface area contributed by atoms with E-state index in [4.69, 9.17) is 52.1 Å². The molecule has 0 radical (unpaired) electrons. The molecule has 0 saturated heterocycles. The smallest absolute Gasteiger partial charge is 0.131 e. The molecule has 0 spiro atoms. The third-order valence-electron chi connectivity index (χ3n) is 2.18. The first-order valence-electron chi connectivity index (χ1n) is 4.55. The molecule has 6 heteroatoms. The van der Waals surface area contributed by atoms with Crippen molar-refractivity contribution in [2.45, 2.75) is 0 Å². The maximum atomic E-state index is 5.95. The van der Waals surface area contributed by atoms with Gasteiger partial charge in [-0.25, -0.2) is 4.98 Å². The number of hydrogen-bond acceptors (Lipinski definition) is 2. The van der Waals surface area contributed by atoms with Gasteiger partial charge < -0.3 is 5.73 Å². The van der Waals surface area contributed by atoms with E-state index >= 15 is 0 Å². The van der Waals surface area contributed by atoms with Crippen molar-refractivity contribution in [2.24, 2.45) is 0 Å². The predicted molar refractivity (Wildman–Crippen MR) is 74.1 cm³/mol. The third-order valence-corrected chi connectivity index (χ3v) is 3.58. The van der Waals surface area contributed by atoms with Crippen LogP contribution < -0.4 is 5.73 Å². The normalized spacial score (nSPS) is 10.6. The molecule has 1 heterocycles. The predicted octanol–water partition coefficient (Wildman–Crippen LogP) is 4.94. The maximum Gasteiger partial charge on any atom is 0.131 e. The zero-order chi connectivity index (χ0) is 12.6. The van der Waals surface area contributed by atoms with Crippen molar-refractivity contribution in [3.8, 4) is 11.1 Å². The van der Waals surface area contributed by atoms with Crippen molar-refractivity contribution in [2.75, 3.05) is 5.73 Å². The van der Waals surface area contributed by atoms with Gasteiger partial charge in [0.2, 0.25) is 0 Å². The molecule has 1 aromatic carbocycles. The van der Waals surface area contributed by atoms with Crippen LogP contribution in [0.2, 0.25) is 20.1 Å². The summed E-state index contributed by atoms with van der Waals surface area (Å²) in [5, 5.41) is 1.50. The number of halogens is 4. The number of anilines is 1. The summed E-state index contributed by atoms with van der Waals surface area (Å²) in [5.41, 5.74) is 7.15. The largest absolute Gasteiger partial charge is 0.383 e. The monoisotopic (exact) mass is 306 g/mol. The van der Waals surface area contributed by atoms with Crippen molar-refractivity contribution in [1.29, 1.82) is 0 Å². The van der Waals surface area contributed by atoms with Gasteiger partial charge in [0, 0.05) is 11.8 Å². The molecule has 2 N–H and O–H groups in total. The fourth-order valence-electron chi connectivity index (χ4n) is 1.39. The molecule has 0 amide bonds. The van der Waals surface area contributed by atoms with Crippen LogP contribution in [-0.4, -0.2) is 4.98 Å². The van der Waals surface area contributed by atoms with Gasteiger partial charge in [0.25, 0.3) is 0 Å². The quantitative estimate of drug-likeness (QED) is 0.757. The molecule has 2 rings (SSSR count). The SMILES string of the molecule is Nc1ncc(Cl)cc1-c1cc(Cl)c(Cl)c(Cl)c1. The molecule has 0 aliphatic rings. The van der Waals surface area contributed by atoms with E-state index < -0.39 is 0 Å². The average molecular weight is 308 g/mol. The molecule has 0 saturated carbocycles. The number of nitrogens with zero attached hydrogens (tertiary/aromatic N) is 1. The summed E-state index contributed by atoms with van der Waals surface area (Å²) in [5.74, 6) is 0.351. The first kappa shape index (κ1) is 12.8. The van der Waals surface area contributed by atoms with Crippen LogP contribution >= 0.6 is 46.4 Å². The van der Waals surface area contributed by atoms with Crippen LogP contribution in [0.5, 0.6) is 0 Å².